The maximum absolute atomic E-state index is 12.0. The van der Waals surface area contributed by atoms with Crippen molar-refractivity contribution in [2.45, 2.75) is 52.7 Å². The Labute approximate surface area is 129 Å². The van der Waals surface area contributed by atoms with Crippen molar-refractivity contribution in [2.24, 2.45) is 11.7 Å². The lowest BCUT2D eigenvalue weighted by Gasteiger charge is -2.32. The van der Waals surface area contributed by atoms with Crippen LogP contribution in [-0.2, 0) is 14.3 Å². The van der Waals surface area contributed by atoms with Gasteiger partial charge in [-0.05, 0) is 33.1 Å². The number of hydrogen-bond acceptors (Lipinski definition) is 4. The molecule has 0 aliphatic heterocycles. The molecule has 122 valence electrons. The molecule has 2 atom stereocenters. The molecule has 0 fully saturated rings. The van der Waals surface area contributed by atoms with Crippen LogP contribution in [0.5, 0.6) is 0 Å². The summed E-state index contributed by atoms with van der Waals surface area (Å²) in [6.07, 6.45) is 0.361. The van der Waals surface area contributed by atoms with Crippen LogP contribution in [0.15, 0.2) is 0 Å². The van der Waals surface area contributed by atoms with Gasteiger partial charge in [0.25, 0.3) is 0 Å². The Morgan fingerprint density at radius 2 is 1.90 bits per heavy atom. The zero-order valence-electron chi connectivity index (χ0n) is 13.4. The third kappa shape index (κ3) is 9.53. The quantitative estimate of drug-likeness (QED) is 0.603. The predicted octanol–water partition coefficient (Wildman–Crippen LogP) is 1.73. The first-order valence-corrected chi connectivity index (χ1v) is 7.06. The standard InChI is InChI=1S/C14H30N2O3.ClH/c1-6-18-7-8-19-12(4)13(17)16-14(5,10-15)9-11(2)3;/h11-12H,6-10,15H2,1-5H3,(H,16,17);1H. The summed E-state index contributed by atoms with van der Waals surface area (Å²) in [5, 5.41) is 2.99. The van der Waals surface area contributed by atoms with Crippen LogP contribution in [0.1, 0.15) is 41.0 Å². The van der Waals surface area contributed by atoms with Crippen molar-refractivity contribution >= 4 is 18.3 Å². The van der Waals surface area contributed by atoms with Gasteiger partial charge in [0.05, 0.1) is 13.2 Å². The summed E-state index contributed by atoms with van der Waals surface area (Å²) >= 11 is 0. The fourth-order valence-corrected chi connectivity index (χ4v) is 1.99. The van der Waals surface area contributed by atoms with Crippen LogP contribution >= 0.6 is 12.4 Å². The number of ether oxygens (including phenoxy) is 2. The lowest BCUT2D eigenvalue weighted by molar-refractivity contribution is -0.134. The molecule has 0 radical (unpaired) electrons. The van der Waals surface area contributed by atoms with Crippen molar-refractivity contribution in [2.75, 3.05) is 26.4 Å². The first-order chi connectivity index (χ1) is 8.84. The van der Waals surface area contributed by atoms with Gasteiger partial charge in [-0.3, -0.25) is 4.79 Å². The molecule has 0 aromatic carbocycles. The van der Waals surface area contributed by atoms with Gasteiger partial charge in [0.1, 0.15) is 6.10 Å². The molecule has 6 heteroatoms. The van der Waals surface area contributed by atoms with Crippen molar-refractivity contribution in [1.82, 2.24) is 5.32 Å². The molecule has 5 nitrogen and oxygen atoms in total. The maximum Gasteiger partial charge on any atom is 0.249 e. The van der Waals surface area contributed by atoms with E-state index in [1.54, 1.807) is 6.92 Å². The second kappa shape index (κ2) is 11.3. The molecule has 0 bridgehead atoms. The van der Waals surface area contributed by atoms with Crippen molar-refractivity contribution in [3.05, 3.63) is 0 Å². The molecule has 0 aromatic rings. The Morgan fingerprint density at radius 3 is 2.35 bits per heavy atom. The van der Waals surface area contributed by atoms with Crippen LogP contribution < -0.4 is 11.1 Å². The minimum absolute atomic E-state index is 0. The van der Waals surface area contributed by atoms with Gasteiger partial charge in [-0.15, -0.1) is 12.4 Å². The van der Waals surface area contributed by atoms with Crippen LogP contribution in [0.25, 0.3) is 0 Å². The van der Waals surface area contributed by atoms with Gasteiger partial charge < -0.3 is 20.5 Å². The molecule has 20 heavy (non-hydrogen) atoms. The molecule has 0 spiro atoms. The van der Waals surface area contributed by atoms with Crippen molar-refractivity contribution in [3.8, 4) is 0 Å². The molecule has 1 amide bonds. The maximum atomic E-state index is 12.0. The van der Waals surface area contributed by atoms with E-state index < -0.39 is 6.10 Å². The zero-order chi connectivity index (χ0) is 14.9. The van der Waals surface area contributed by atoms with E-state index in [0.717, 1.165) is 6.42 Å². The minimum Gasteiger partial charge on any atom is -0.379 e. The van der Waals surface area contributed by atoms with Crippen molar-refractivity contribution in [3.63, 3.8) is 0 Å². The Morgan fingerprint density at radius 1 is 1.30 bits per heavy atom. The monoisotopic (exact) mass is 310 g/mol. The first kappa shape index (κ1) is 21.9. The van der Waals surface area contributed by atoms with Gasteiger partial charge in [-0.25, -0.2) is 0 Å². The van der Waals surface area contributed by atoms with Crippen LogP contribution in [0.3, 0.4) is 0 Å². The van der Waals surface area contributed by atoms with Crippen molar-refractivity contribution in [1.29, 1.82) is 0 Å². The average molecular weight is 311 g/mol. The largest absolute Gasteiger partial charge is 0.379 e. The van der Waals surface area contributed by atoms with Crippen molar-refractivity contribution < 1.29 is 14.3 Å². The summed E-state index contributed by atoms with van der Waals surface area (Å²) in [4.78, 5) is 12.0. The van der Waals surface area contributed by atoms with Gasteiger partial charge in [0.2, 0.25) is 5.91 Å². The second-order valence-electron chi connectivity index (χ2n) is 5.56. The third-order valence-corrected chi connectivity index (χ3v) is 2.90. The molecule has 0 heterocycles. The highest BCUT2D eigenvalue weighted by Crippen LogP contribution is 2.15. The van der Waals surface area contributed by atoms with E-state index >= 15 is 0 Å². The number of amides is 1. The minimum atomic E-state index is -0.488. The Hall–Kier alpha value is -0.360. The second-order valence-corrected chi connectivity index (χ2v) is 5.56. The fourth-order valence-electron chi connectivity index (χ4n) is 1.99. The lowest BCUT2D eigenvalue weighted by atomic mass is 9.90. The van der Waals surface area contributed by atoms with Gasteiger partial charge in [0.15, 0.2) is 0 Å². The number of hydrogen-bond donors (Lipinski definition) is 2. The molecule has 2 unspecified atom stereocenters. The number of halogens is 1. The van der Waals surface area contributed by atoms with E-state index in [4.69, 9.17) is 15.2 Å². The zero-order valence-corrected chi connectivity index (χ0v) is 14.2. The molecule has 0 rings (SSSR count). The number of nitrogens with one attached hydrogen (secondary N) is 1. The first-order valence-electron chi connectivity index (χ1n) is 7.06. The van der Waals surface area contributed by atoms with Gasteiger partial charge in [-0.1, -0.05) is 13.8 Å². The van der Waals surface area contributed by atoms with E-state index in [9.17, 15) is 4.79 Å². The van der Waals surface area contributed by atoms with E-state index in [1.165, 1.54) is 0 Å². The molecule has 0 saturated carbocycles. The summed E-state index contributed by atoms with van der Waals surface area (Å²) in [5.41, 5.74) is 5.40. The summed E-state index contributed by atoms with van der Waals surface area (Å²) in [7, 11) is 0. The Bertz CT molecular complexity index is 265. The molecular formula is C14H31ClN2O3. The molecule has 0 aromatic heterocycles. The van der Waals surface area contributed by atoms with Crippen LogP contribution in [0, 0.1) is 5.92 Å². The lowest BCUT2D eigenvalue weighted by Crippen LogP contribution is -2.54. The Kier molecular flexibility index (Phi) is 12.4. The SMILES string of the molecule is CCOCCOC(C)C(=O)NC(C)(CN)CC(C)C.Cl. The van der Waals surface area contributed by atoms with Gasteiger partial charge in [-0.2, -0.15) is 0 Å². The normalized spacial score (nSPS) is 15.3. The fraction of sp³-hybridized carbons (Fsp3) is 0.929. The average Bonchev–Trinajstić information content (AvgIpc) is 2.33. The smallest absolute Gasteiger partial charge is 0.249 e. The highest BCUT2D eigenvalue weighted by atomic mass is 35.5. The summed E-state index contributed by atoms with van der Waals surface area (Å²) < 4.78 is 10.6. The summed E-state index contributed by atoms with van der Waals surface area (Å²) in [5.74, 6) is 0.355. The highest BCUT2D eigenvalue weighted by molar-refractivity contribution is 5.85. The Balaban J connectivity index is 0. The number of nitrogens with two attached hydrogens (primary N) is 1. The number of carbonyl (C=O) groups excluding carboxylic acids is 1. The number of carbonyl (C=O) groups is 1. The van der Waals surface area contributed by atoms with Crippen LogP contribution in [-0.4, -0.2) is 43.9 Å². The molecule has 3 N–H and O–H groups in total. The van der Waals surface area contributed by atoms with E-state index in [-0.39, 0.29) is 23.9 Å². The molecule has 0 saturated heterocycles. The van der Waals surface area contributed by atoms with Crippen LogP contribution in [0.2, 0.25) is 0 Å². The topological polar surface area (TPSA) is 73.6 Å². The molecule has 0 aliphatic carbocycles. The van der Waals surface area contributed by atoms with Gasteiger partial charge >= 0.3 is 0 Å². The molecule has 0 aliphatic rings. The molecular weight excluding hydrogens is 280 g/mol. The van der Waals surface area contributed by atoms with Gasteiger partial charge in [0, 0.05) is 18.7 Å². The third-order valence-electron chi connectivity index (χ3n) is 2.90. The van der Waals surface area contributed by atoms with E-state index in [1.807, 2.05) is 13.8 Å². The highest BCUT2D eigenvalue weighted by Gasteiger charge is 2.28. The van der Waals surface area contributed by atoms with E-state index in [2.05, 4.69) is 19.2 Å². The predicted molar refractivity (Wildman–Crippen MR) is 84.2 cm³/mol. The number of rotatable bonds is 10. The summed E-state index contributed by atoms with van der Waals surface area (Å²) in [6.45, 7) is 11.9. The van der Waals surface area contributed by atoms with Crippen LogP contribution in [0.4, 0.5) is 0 Å². The summed E-state index contributed by atoms with van der Waals surface area (Å²) in [6, 6.07) is 0. The van der Waals surface area contributed by atoms with E-state index in [0.29, 0.717) is 32.3 Å².